The highest BCUT2D eigenvalue weighted by atomic mass is 16.5. The zero-order valence-corrected chi connectivity index (χ0v) is 12.6. The fourth-order valence-corrected chi connectivity index (χ4v) is 2.88. The van der Waals surface area contributed by atoms with E-state index in [4.69, 9.17) is 9.47 Å². The van der Waals surface area contributed by atoms with Crippen LogP contribution in [0.5, 0.6) is 5.75 Å². The van der Waals surface area contributed by atoms with Gasteiger partial charge in [-0.1, -0.05) is 6.92 Å². The molecule has 4 nitrogen and oxygen atoms in total. The van der Waals surface area contributed by atoms with Crippen LogP contribution in [0, 0.1) is 0 Å². The first-order valence-electron chi connectivity index (χ1n) is 7.68. The second kappa shape index (κ2) is 8.22. The lowest BCUT2D eigenvalue weighted by Gasteiger charge is -2.21. The zero-order chi connectivity index (χ0) is 14.2. The molecule has 0 aromatic carbocycles. The third kappa shape index (κ3) is 4.18. The molecule has 0 amide bonds. The van der Waals surface area contributed by atoms with Crippen molar-refractivity contribution in [3.05, 3.63) is 24.0 Å². The summed E-state index contributed by atoms with van der Waals surface area (Å²) in [6.07, 6.45) is 10.00. The highest BCUT2D eigenvalue weighted by Crippen LogP contribution is 2.28. The predicted molar refractivity (Wildman–Crippen MR) is 80.0 cm³/mol. The molecule has 112 valence electrons. The molecule has 0 radical (unpaired) electrons. The number of nitrogens with one attached hydrogen (secondary N) is 1. The van der Waals surface area contributed by atoms with Gasteiger partial charge in [0.15, 0.2) is 0 Å². The van der Waals surface area contributed by atoms with Crippen molar-refractivity contribution >= 4 is 0 Å². The Hall–Kier alpha value is -1.13. The number of ether oxygens (including phenoxy) is 2. The Morgan fingerprint density at radius 1 is 1.55 bits per heavy atom. The average Bonchev–Trinajstić information content (AvgIpc) is 2.99. The monoisotopic (exact) mass is 278 g/mol. The fourth-order valence-electron chi connectivity index (χ4n) is 2.88. The lowest BCUT2D eigenvalue weighted by Crippen LogP contribution is -2.22. The van der Waals surface area contributed by atoms with E-state index < -0.39 is 0 Å². The minimum atomic E-state index is 0.333. The van der Waals surface area contributed by atoms with E-state index in [1.807, 2.05) is 6.20 Å². The molecule has 1 saturated heterocycles. The van der Waals surface area contributed by atoms with Crippen LogP contribution in [0.4, 0.5) is 0 Å². The Morgan fingerprint density at radius 3 is 3.15 bits per heavy atom. The molecule has 0 saturated carbocycles. The zero-order valence-electron chi connectivity index (χ0n) is 12.6. The molecule has 0 spiro atoms. The van der Waals surface area contributed by atoms with E-state index in [1.54, 1.807) is 13.3 Å². The molecule has 1 aliphatic rings. The summed E-state index contributed by atoms with van der Waals surface area (Å²) in [6, 6.07) is 2.39. The van der Waals surface area contributed by atoms with Gasteiger partial charge in [-0.3, -0.25) is 4.98 Å². The number of methoxy groups -OCH3 is 1. The highest BCUT2D eigenvalue weighted by Gasteiger charge is 2.18. The van der Waals surface area contributed by atoms with E-state index in [0.717, 1.165) is 31.7 Å². The van der Waals surface area contributed by atoms with Crippen LogP contribution in [0.1, 0.15) is 50.6 Å². The van der Waals surface area contributed by atoms with Gasteiger partial charge in [-0.25, -0.2) is 0 Å². The highest BCUT2D eigenvalue weighted by molar-refractivity contribution is 5.32. The molecule has 4 heteroatoms. The molecule has 1 aromatic rings. The Bertz CT molecular complexity index is 392. The third-order valence-corrected chi connectivity index (χ3v) is 3.91. The van der Waals surface area contributed by atoms with Gasteiger partial charge in [0.25, 0.3) is 0 Å². The summed E-state index contributed by atoms with van der Waals surface area (Å²) in [4.78, 5) is 4.13. The minimum Gasteiger partial charge on any atom is -0.495 e. The van der Waals surface area contributed by atoms with Gasteiger partial charge in [0, 0.05) is 24.4 Å². The normalized spacial score (nSPS) is 20.0. The fraction of sp³-hybridized carbons (Fsp3) is 0.688. The van der Waals surface area contributed by atoms with Gasteiger partial charge in [0.05, 0.1) is 19.4 Å². The van der Waals surface area contributed by atoms with Crippen LogP contribution in [0.3, 0.4) is 0 Å². The van der Waals surface area contributed by atoms with Crippen molar-refractivity contribution < 1.29 is 9.47 Å². The second-order valence-electron chi connectivity index (χ2n) is 5.29. The van der Waals surface area contributed by atoms with E-state index in [2.05, 4.69) is 23.3 Å². The van der Waals surface area contributed by atoms with Crippen LogP contribution in [-0.2, 0) is 4.74 Å². The molecule has 2 unspecified atom stereocenters. The first-order valence-corrected chi connectivity index (χ1v) is 7.68. The summed E-state index contributed by atoms with van der Waals surface area (Å²) in [7, 11) is 1.70. The predicted octanol–water partition coefficient (Wildman–Crippen LogP) is 3.09. The quantitative estimate of drug-likeness (QED) is 0.793. The number of aromatic nitrogens is 1. The van der Waals surface area contributed by atoms with Gasteiger partial charge in [-0.2, -0.15) is 0 Å². The van der Waals surface area contributed by atoms with Crippen molar-refractivity contribution in [2.45, 2.75) is 51.2 Å². The summed E-state index contributed by atoms with van der Waals surface area (Å²) in [5, 5.41) is 3.55. The summed E-state index contributed by atoms with van der Waals surface area (Å²) in [5.74, 6) is 0.871. The van der Waals surface area contributed by atoms with Crippen LogP contribution < -0.4 is 10.1 Å². The number of pyridine rings is 1. The van der Waals surface area contributed by atoms with Crippen molar-refractivity contribution in [2.75, 3.05) is 20.3 Å². The molecule has 1 fully saturated rings. The number of nitrogens with zero attached hydrogens (tertiary/aromatic N) is 1. The Balaban J connectivity index is 1.91. The Kier molecular flexibility index (Phi) is 6.27. The molecular weight excluding hydrogens is 252 g/mol. The van der Waals surface area contributed by atoms with Crippen LogP contribution in [0.2, 0.25) is 0 Å². The number of hydrogen-bond donors (Lipinski definition) is 1. The summed E-state index contributed by atoms with van der Waals surface area (Å²) in [6.45, 7) is 4.04. The molecule has 2 rings (SSSR count). The van der Waals surface area contributed by atoms with E-state index in [-0.39, 0.29) is 0 Å². The average molecular weight is 278 g/mol. The molecule has 0 aliphatic carbocycles. The first-order chi connectivity index (χ1) is 9.85. The van der Waals surface area contributed by atoms with E-state index in [0.29, 0.717) is 12.1 Å². The summed E-state index contributed by atoms with van der Waals surface area (Å²) in [5.41, 5.74) is 1.21. The summed E-state index contributed by atoms with van der Waals surface area (Å²) >= 11 is 0. The van der Waals surface area contributed by atoms with Crippen molar-refractivity contribution in [1.29, 1.82) is 0 Å². The van der Waals surface area contributed by atoms with E-state index in [9.17, 15) is 0 Å². The lowest BCUT2D eigenvalue weighted by molar-refractivity contribution is 0.101. The van der Waals surface area contributed by atoms with Gasteiger partial charge >= 0.3 is 0 Å². The lowest BCUT2D eigenvalue weighted by atomic mass is 9.99. The second-order valence-corrected chi connectivity index (χ2v) is 5.29. The minimum absolute atomic E-state index is 0.333. The molecule has 20 heavy (non-hydrogen) atoms. The third-order valence-electron chi connectivity index (χ3n) is 3.91. The number of hydrogen-bond acceptors (Lipinski definition) is 4. The van der Waals surface area contributed by atoms with Gasteiger partial charge < -0.3 is 14.8 Å². The van der Waals surface area contributed by atoms with Crippen molar-refractivity contribution in [3.8, 4) is 5.75 Å². The van der Waals surface area contributed by atoms with Gasteiger partial charge in [-0.15, -0.1) is 0 Å². The smallest absolute Gasteiger partial charge is 0.141 e. The molecule has 1 N–H and O–H groups in total. The topological polar surface area (TPSA) is 43.4 Å². The molecule has 2 heterocycles. The number of rotatable bonds is 8. The van der Waals surface area contributed by atoms with Gasteiger partial charge in [-0.05, 0) is 44.7 Å². The molecular formula is C16H26N2O2. The van der Waals surface area contributed by atoms with Crippen LogP contribution in [0.25, 0.3) is 0 Å². The molecule has 0 bridgehead atoms. The molecule has 2 atom stereocenters. The Labute approximate surface area is 121 Å². The largest absolute Gasteiger partial charge is 0.495 e. The van der Waals surface area contributed by atoms with Crippen LogP contribution >= 0.6 is 0 Å². The van der Waals surface area contributed by atoms with Crippen LogP contribution in [-0.4, -0.2) is 31.3 Å². The molecule has 1 aromatic heterocycles. The maximum atomic E-state index is 5.69. The van der Waals surface area contributed by atoms with E-state index in [1.165, 1.54) is 24.8 Å². The van der Waals surface area contributed by atoms with Gasteiger partial charge in [0.2, 0.25) is 0 Å². The first kappa shape index (κ1) is 15.3. The maximum Gasteiger partial charge on any atom is 0.141 e. The standard InChI is InChI=1S/C16H26N2O2/c1-3-18-15(8-4-6-13-7-5-11-20-13)14-9-10-17-12-16(14)19-2/h9-10,12-13,15,18H,3-8,11H2,1-2H3. The molecule has 1 aliphatic heterocycles. The summed E-state index contributed by atoms with van der Waals surface area (Å²) < 4.78 is 11.1. The van der Waals surface area contributed by atoms with E-state index >= 15 is 0 Å². The van der Waals surface area contributed by atoms with Gasteiger partial charge in [0.1, 0.15) is 5.75 Å². The Morgan fingerprint density at radius 2 is 2.45 bits per heavy atom. The maximum absolute atomic E-state index is 5.69. The SMILES string of the molecule is CCNC(CCCC1CCCO1)c1ccncc1OC. The van der Waals surface area contributed by atoms with Crippen molar-refractivity contribution in [2.24, 2.45) is 0 Å². The van der Waals surface area contributed by atoms with Crippen LogP contribution in [0.15, 0.2) is 18.5 Å². The van der Waals surface area contributed by atoms with Crippen molar-refractivity contribution in [1.82, 2.24) is 10.3 Å². The van der Waals surface area contributed by atoms with Crippen molar-refractivity contribution in [3.63, 3.8) is 0 Å².